The van der Waals surface area contributed by atoms with E-state index in [2.05, 4.69) is 5.32 Å². The van der Waals surface area contributed by atoms with Crippen molar-refractivity contribution in [3.05, 3.63) is 29.3 Å². The molecule has 0 heterocycles. The Bertz CT molecular complexity index is 418. The fourth-order valence-electron chi connectivity index (χ4n) is 2.17. The minimum atomic E-state index is -0.106. The molecule has 0 bridgehead atoms. The Morgan fingerprint density at radius 1 is 1.39 bits per heavy atom. The zero-order chi connectivity index (χ0) is 13.0. The Morgan fingerprint density at radius 3 is 2.72 bits per heavy atom. The van der Waals surface area contributed by atoms with Crippen LogP contribution in [-0.4, -0.2) is 17.2 Å². The summed E-state index contributed by atoms with van der Waals surface area (Å²) in [6.07, 6.45) is 4.71. The van der Waals surface area contributed by atoms with E-state index >= 15 is 0 Å². The van der Waals surface area contributed by atoms with Crippen LogP contribution in [0.4, 0.5) is 0 Å². The monoisotopic (exact) mass is 283 g/mol. The van der Waals surface area contributed by atoms with Crippen LogP contribution in [0.2, 0.25) is 5.02 Å². The van der Waals surface area contributed by atoms with Gasteiger partial charge in [-0.05, 0) is 31.9 Å². The summed E-state index contributed by atoms with van der Waals surface area (Å²) in [5.74, 6) is 0.117. The van der Waals surface area contributed by atoms with Crippen LogP contribution in [0, 0.1) is 0 Å². The fourth-order valence-corrected chi connectivity index (χ4v) is 3.34. The van der Waals surface area contributed by atoms with Gasteiger partial charge in [0.25, 0.3) is 0 Å². The minimum absolute atomic E-state index is 0.106. The van der Waals surface area contributed by atoms with Crippen molar-refractivity contribution in [3.63, 3.8) is 0 Å². The predicted molar refractivity (Wildman–Crippen MR) is 77.2 cm³/mol. The molecule has 1 amide bonds. The maximum absolute atomic E-state index is 12.0. The lowest BCUT2D eigenvalue weighted by Gasteiger charge is -2.16. The van der Waals surface area contributed by atoms with Crippen molar-refractivity contribution in [2.45, 2.75) is 48.8 Å². The van der Waals surface area contributed by atoms with Gasteiger partial charge in [-0.15, -0.1) is 11.8 Å². The van der Waals surface area contributed by atoms with Gasteiger partial charge in [0.15, 0.2) is 0 Å². The molecule has 1 aliphatic rings. The number of carbonyl (C=O) groups is 1. The van der Waals surface area contributed by atoms with Gasteiger partial charge >= 0.3 is 0 Å². The van der Waals surface area contributed by atoms with Gasteiger partial charge in [0, 0.05) is 10.9 Å². The highest BCUT2D eigenvalue weighted by Gasteiger charge is 2.21. The van der Waals surface area contributed by atoms with Crippen molar-refractivity contribution in [1.29, 1.82) is 0 Å². The van der Waals surface area contributed by atoms with Crippen molar-refractivity contribution in [3.8, 4) is 0 Å². The van der Waals surface area contributed by atoms with Crippen molar-refractivity contribution in [2.24, 2.45) is 0 Å². The first kappa shape index (κ1) is 13.8. The molecule has 0 spiro atoms. The molecule has 0 aliphatic heterocycles. The van der Waals surface area contributed by atoms with Gasteiger partial charge in [0.2, 0.25) is 5.91 Å². The molecule has 1 fully saturated rings. The number of amides is 1. The third-order valence-electron chi connectivity index (χ3n) is 3.21. The molecule has 18 heavy (non-hydrogen) atoms. The molecule has 2 nitrogen and oxygen atoms in total. The Balaban J connectivity index is 1.89. The van der Waals surface area contributed by atoms with Crippen LogP contribution >= 0.6 is 23.4 Å². The predicted octanol–water partition coefficient (Wildman–Crippen LogP) is 3.88. The van der Waals surface area contributed by atoms with Gasteiger partial charge in [-0.25, -0.2) is 0 Å². The van der Waals surface area contributed by atoms with Crippen molar-refractivity contribution in [1.82, 2.24) is 5.32 Å². The van der Waals surface area contributed by atoms with E-state index in [0.29, 0.717) is 11.1 Å². The zero-order valence-corrected chi connectivity index (χ0v) is 12.1. The number of thioether (sulfide) groups is 1. The molecule has 2 rings (SSSR count). The van der Waals surface area contributed by atoms with E-state index in [-0.39, 0.29) is 11.2 Å². The molecule has 1 aliphatic carbocycles. The molecule has 0 saturated heterocycles. The van der Waals surface area contributed by atoms with E-state index in [1.165, 1.54) is 24.6 Å². The fraction of sp³-hybridized carbons (Fsp3) is 0.500. The van der Waals surface area contributed by atoms with Crippen molar-refractivity contribution < 1.29 is 4.79 Å². The highest BCUT2D eigenvalue weighted by Crippen LogP contribution is 2.30. The number of hydrogen-bond acceptors (Lipinski definition) is 2. The largest absolute Gasteiger partial charge is 0.352 e. The topological polar surface area (TPSA) is 29.1 Å². The van der Waals surface area contributed by atoms with Crippen molar-refractivity contribution in [2.75, 3.05) is 0 Å². The highest BCUT2D eigenvalue weighted by molar-refractivity contribution is 8.00. The van der Waals surface area contributed by atoms with Gasteiger partial charge in [0.1, 0.15) is 0 Å². The lowest BCUT2D eigenvalue weighted by molar-refractivity contribution is -0.120. The maximum Gasteiger partial charge on any atom is 0.233 e. The number of halogens is 1. The van der Waals surface area contributed by atoms with Crippen LogP contribution < -0.4 is 5.32 Å². The van der Waals surface area contributed by atoms with Crippen LogP contribution in [-0.2, 0) is 4.79 Å². The lowest BCUT2D eigenvalue weighted by Crippen LogP contribution is -2.37. The van der Waals surface area contributed by atoms with Crippen LogP contribution in [0.25, 0.3) is 0 Å². The van der Waals surface area contributed by atoms with Crippen LogP contribution in [0.3, 0.4) is 0 Å². The summed E-state index contributed by atoms with van der Waals surface area (Å²) in [4.78, 5) is 13.0. The quantitative estimate of drug-likeness (QED) is 0.850. The number of rotatable bonds is 4. The highest BCUT2D eigenvalue weighted by atomic mass is 35.5. The Hall–Kier alpha value is -0.670. The second-order valence-electron chi connectivity index (χ2n) is 4.68. The average molecular weight is 284 g/mol. The Kier molecular flexibility index (Phi) is 4.95. The SMILES string of the molecule is C[C@@H](Sc1ccccc1Cl)C(=O)NC1CCCC1. The third kappa shape index (κ3) is 3.66. The van der Waals surface area contributed by atoms with Crippen LogP contribution in [0.15, 0.2) is 29.2 Å². The molecule has 0 radical (unpaired) electrons. The minimum Gasteiger partial charge on any atom is -0.352 e. The van der Waals surface area contributed by atoms with Gasteiger partial charge < -0.3 is 5.32 Å². The van der Waals surface area contributed by atoms with Crippen molar-refractivity contribution >= 4 is 29.3 Å². The van der Waals surface area contributed by atoms with E-state index in [0.717, 1.165) is 17.7 Å². The number of hydrogen-bond donors (Lipinski definition) is 1. The number of carbonyl (C=O) groups excluding carboxylic acids is 1. The van der Waals surface area contributed by atoms with E-state index in [1.54, 1.807) is 0 Å². The number of nitrogens with one attached hydrogen (secondary N) is 1. The summed E-state index contributed by atoms with van der Waals surface area (Å²) in [5, 5.41) is 3.72. The molecule has 1 aromatic carbocycles. The molecule has 1 N–H and O–H groups in total. The summed E-state index contributed by atoms with van der Waals surface area (Å²) < 4.78 is 0. The molecule has 98 valence electrons. The summed E-state index contributed by atoms with van der Waals surface area (Å²) in [6, 6.07) is 8.02. The normalized spacial score (nSPS) is 17.7. The summed E-state index contributed by atoms with van der Waals surface area (Å²) in [7, 11) is 0. The summed E-state index contributed by atoms with van der Waals surface area (Å²) in [6.45, 7) is 1.93. The molecular weight excluding hydrogens is 266 g/mol. The first-order valence-electron chi connectivity index (χ1n) is 6.38. The van der Waals surface area contributed by atoms with Crippen LogP contribution in [0.1, 0.15) is 32.6 Å². The van der Waals surface area contributed by atoms with E-state index < -0.39 is 0 Å². The molecule has 0 unspecified atom stereocenters. The smallest absolute Gasteiger partial charge is 0.233 e. The molecular formula is C14H18ClNOS. The van der Waals surface area contributed by atoms with E-state index in [9.17, 15) is 4.79 Å². The molecule has 1 atom stereocenters. The maximum atomic E-state index is 12.0. The first-order chi connectivity index (χ1) is 8.66. The first-order valence-corrected chi connectivity index (χ1v) is 7.64. The molecule has 1 aromatic rings. The second kappa shape index (κ2) is 6.48. The Morgan fingerprint density at radius 2 is 2.06 bits per heavy atom. The van der Waals surface area contributed by atoms with E-state index in [1.807, 2.05) is 31.2 Å². The van der Waals surface area contributed by atoms with Gasteiger partial charge in [-0.3, -0.25) is 4.79 Å². The third-order valence-corrected chi connectivity index (χ3v) is 4.83. The van der Waals surface area contributed by atoms with Crippen LogP contribution in [0.5, 0.6) is 0 Å². The Labute approximate surface area is 117 Å². The zero-order valence-electron chi connectivity index (χ0n) is 10.5. The van der Waals surface area contributed by atoms with E-state index in [4.69, 9.17) is 11.6 Å². The van der Waals surface area contributed by atoms with Gasteiger partial charge in [0.05, 0.1) is 10.3 Å². The second-order valence-corrected chi connectivity index (χ2v) is 6.47. The average Bonchev–Trinajstić information content (AvgIpc) is 2.84. The van der Waals surface area contributed by atoms with Gasteiger partial charge in [-0.2, -0.15) is 0 Å². The lowest BCUT2D eigenvalue weighted by atomic mass is 10.2. The van der Waals surface area contributed by atoms with Gasteiger partial charge in [-0.1, -0.05) is 36.6 Å². The standard InChI is InChI=1S/C14H18ClNOS/c1-10(14(17)16-11-6-2-3-7-11)18-13-9-5-4-8-12(13)15/h4-5,8-11H,2-3,6-7H2,1H3,(H,16,17)/t10-/m1/s1. The summed E-state index contributed by atoms with van der Waals surface area (Å²) >= 11 is 7.61. The molecule has 1 saturated carbocycles. The summed E-state index contributed by atoms with van der Waals surface area (Å²) in [5.41, 5.74) is 0. The number of benzene rings is 1. The molecule has 4 heteroatoms. The molecule has 0 aromatic heterocycles.